The van der Waals surface area contributed by atoms with Gasteiger partial charge >= 0.3 is 7.12 Å². The number of ether oxygens (including phenoxy) is 1. The highest BCUT2D eigenvalue weighted by Crippen LogP contribution is 2.36. The zero-order valence-corrected chi connectivity index (χ0v) is 12.7. The largest absolute Gasteiger partial charge is 0.514 e. The van der Waals surface area contributed by atoms with Crippen molar-refractivity contribution in [2.75, 3.05) is 13.2 Å². The fourth-order valence-electron chi connectivity index (χ4n) is 2.06. The van der Waals surface area contributed by atoms with Gasteiger partial charge in [0, 0.05) is 26.2 Å². The highest BCUT2D eigenvalue weighted by Gasteiger charge is 2.52. The number of nitrogens with zero attached hydrogens (tertiary/aromatic N) is 1. The summed E-state index contributed by atoms with van der Waals surface area (Å²) in [6, 6.07) is -1.20. The molecule has 1 aromatic rings. The number of aromatic nitrogens is 1. The Bertz CT molecular complexity index is 816. The topological polar surface area (TPSA) is 40.6 Å². The van der Waals surface area contributed by atoms with E-state index < -0.39 is 74.0 Å². The van der Waals surface area contributed by atoms with E-state index in [2.05, 4.69) is 4.98 Å². The van der Waals surface area contributed by atoms with Crippen LogP contribution >= 0.6 is 0 Å². The van der Waals surface area contributed by atoms with Crippen molar-refractivity contribution in [2.45, 2.75) is 57.5 Å². The SMILES string of the molecule is [2H]c1nc(B2OC(C)(C)C(C)(C)O2)c([2H])c(C2([2H])C([2H])([2H])COCC2([2H])[2H])c1[2H]. The molecule has 2 aliphatic heterocycles. The quantitative estimate of drug-likeness (QED) is 0.785. The highest BCUT2D eigenvalue weighted by molar-refractivity contribution is 6.61. The summed E-state index contributed by atoms with van der Waals surface area (Å²) in [5.41, 5.74) is -2.27. The van der Waals surface area contributed by atoms with Crippen molar-refractivity contribution in [3.63, 3.8) is 0 Å². The average molecular weight is 297 g/mol. The predicted molar refractivity (Wildman–Crippen MR) is 82.7 cm³/mol. The van der Waals surface area contributed by atoms with E-state index >= 15 is 0 Å². The number of rotatable bonds is 2. The molecule has 0 spiro atoms. The van der Waals surface area contributed by atoms with Crippen LogP contribution < -0.4 is 5.59 Å². The first-order chi connectivity index (χ1) is 13.0. The highest BCUT2D eigenvalue weighted by atomic mass is 16.7. The average Bonchev–Trinajstić information content (AvgIpc) is 2.76. The Labute approximate surface area is 138 Å². The van der Waals surface area contributed by atoms with Gasteiger partial charge in [-0.15, -0.1) is 0 Å². The van der Waals surface area contributed by atoms with Crippen LogP contribution in [0, 0.1) is 0 Å². The lowest BCUT2D eigenvalue weighted by Crippen LogP contribution is -2.41. The smallest absolute Gasteiger partial charge is 0.398 e. The first kappa shape index (κ1) is 8.09. The van der Waals surface area contributed by atoms with Crippen molar-refractivity contribution in [2.24, 2.45) is 0 Å². The first-order valence-corrected chi connectivity index (χ1v) is 6.90. The summed E-state index contributed by atoms with van der Waals surface area (Å²) in [7, 11) is -1.17. The van der Waals surface area contributed by atoms with E-state index in [9.17, 15) is 0 Å². The van der Waals surface area contributed by atoms with E-state index in [0.717, 1.165) is 0 Å². The van der Waals surface area contributed by atoms with Crippen molar-refractivity contribution < 1.29 is 25.0 Å². The van der Waals surface area contributed by atoms with Gasteiger partial charge in [-0.2, -0.15) is 0 Å². The fraction of sp³-hybridized carbons (Fsp3) is 0.688. The molecule has 0 saturated carbocycles. The molecule has 2 saturated heterocycles. The molecule has 0 unspecified atom stereocenters. The Hall–Kier alpha value is -0.905. The summed E-state index contributed by atoms with van der Waals surface area (Å²) in [5.74, 6) is -2.66. The lowest BCUT2D eigenvalue weighted by atomic mass is 9.81. The third-order valence-electron chi connectivity index (χ3n) is 4.04. The summed E-state index contributed by atoms with van der Waals surface area (Å²) in [4.78, 5) is 3.95. The number of hydrogen-bond donors (Lipinski definition) is 0. The molecule has 4 nitrogen and oxygen atoms in total. The van der Waals surface area contributed by atoms with Crippen LogP contribution in [-0.4, -0.2) is 36.5 Å². The molecule has 5 heteroatoms. The summed E-state index contributed by atoms with van der Waals surface area (Å²) in [6.45, 7) is 6.02. The molecule has 0 N–H and O–H groups in total. The maximum atomic E-state index is 8.81. The van der Waals surface area contributed by atoms with Crippen LogP contribution in [0.4, 0.5) is 0 Å². The van der Waals surface area contributed by atoms with Crippen molar-refractivity contribution in [3.8, 4) is 0 Å². The van der Waals surface area contributed by atoms with Crippen LogP contribution in [0.25, 0.3) is 0 Å². The standard InChI is InChI=1S/C16H24BNO3/c1-15(2)16(3,4)21-17(20-15)14-11-13(5-8-18-14)12-6-9-19-10-7-12/h5,8,11-12H,6-7,9-10H2,1-4H3/i5D,6D2,7D2,8D,11D,12D. The van der Waals surface area contributed by atoms with Crippen molar-refractivity contribution in [1.82, 2.24) is 4.98 Å². The van der Waals surface area contributed by atoms with Gasteiger partial charge in [-0.25, -0.2) is 0 Å². The van der Waals surface area contributed by atoms with E-state index in [-0.39, 0.29) is 5.59 Å². The fourth-order valence-corrected chi connectivity index (χ4v) is 2.06. The Morgan fingerprint density at radius 1 is 1.29 bits per heavy atom. The third-order valence-corrected chi connectivity index (χ3v) is 4.04. The summed E-state index contributed by atoms with van der Waals surface area (Å²) < 4.78 is 83.5. The minimum absolute atomic E-state index is 0.177. The molecule has 21 heavy (non-hydrogen) atoms. The molecule has 0 atom stereocenters. The van der Waals surface area contributed by atoms with Gasteiger partial charge in [0.2, 0.25) is 0 Å². The molecule has 2 fully saturated rings. The van der Waals surface area contributed by atoms with Gasteiger partial charge in [0.25, 0.3) is 0 Å². The minimum Gasteiger partial charge on any atom is -0.398 e. The van der Waals surface area contributed by atoms with Crippen LogP contribution in [0.2, 0.25) is 0 Å². The van der Waals surface area contributed by atoms with Crippen molar-refractivity contribution >= 4 is 12.7 Å². The molecule has 3 heterocycles. The van der Waals surface area contributed by atoms with Crippen LogP contribution in [0.5, 0.6) is 0 Å². The monoisotopic (exact) mass is 297 g/mol. The van der Waals surface area contributed by atoms with Gasteiger partial charge in [0.05, 0.1) is 20.9 Å². The van der Waals surface area contributed by atoms with Crippen molar-refractivity contribution in [3.05, 3.63) is 23.8 Å². The van der Waals surface area contributed by atoms with Gasteiger partial charge in [0.15, 0.2) is 0 Å². The molecule has 0 aliphatic carbocycles. The minimum atomic E-state index is -2.66. The van der Waals surface area contributed by atoms with E-state index in [1.807, 2.05) is 0 Å². The molecule has 0 radical (unpaired) electrons. The second kappa shape index (κ2) is 5.38. The van der Waals surface area contributed by atoms with Crippen LogP contribution in [0.15, 0.2) is 18.3 Å². The van der Waals surface area contributed by atoms with Crippen molar-refractivity contribution in [1.29, 1.82) is 0 Å². The number of pyridine rings is 1. The second-order valence-electron chi connectivity index (χ2n) is 6.04. The molecule has 3 rings (SSSR count). The summed E-state index contributed by atoms with van der Waals surface area (Å²) in [5, 5.41) is 0. The zero-order chi connectivity index (χ0) is 22.2. The Morgan fingerprint density at radius 2 is 1.90 bits per heavy atom. The summed E-state index contributed by atoms with van der Waals surface area (Å²) >= 11 is 0. The van der Waals surface area contributed by atoms with Gasteiger partial charge in [-0.05, 0) is 64.0 Å². The maximum Gasteiger partial charge on any atom is 0.514 e. The molecule has 0 bridgehead atoms. The Morgan fingerprint density at radius 3 is 2.52 bits per heavy atom. The third kappa shape index (κ3) is 2.87. The molecular weight excluding hydrogens is 265 g/mol. The molecule has 0 aromatic carbocycles. The molecule has 0 amide bonds. The predicted octanol–water partition coefficient (Wildman–Crippen LogP) is 2.27. The van der Waals surface area contributed by atoms with E-state index in [1.165, 1.54) is 0 Å². The van der Waals surface area contributed by atoms with E-state index in [4.69, 9.17) is 25.0 Å². The van der Waals surface area contributed by atoms with Crippen LogP contribution in [0.3, 0.4) is 0 Å². The molecule has 114 valence electrons. The van der Waals surface area contributed by atoms with E-state index in [1.54, 1.807) is 27.7 Å². The molecular formula is C16H24BNO3. The summed E-state index contributed by atoms with van der Waals surface area (Å²) in [6.07, 6.45) is -5.71. The first-order valence-electron chi connectivity index (χ1n) is 10.9. The maximum absolute atomic E-state index is 8.81. The van der Waals surface area contributed by atoms with Gasteiger partial charge in [-0.1, -0.05) is 0 Å². The lowest BCUT2D eigenvalue weighted by Gasteiger charge is -2.32. The number of hydrogen-bond acceptors (Lipinski definition) is 4. The van der Waals surface area contributed by atoms with Crippen LogP contribution in [0.1, 0.15) is 62.9 Å². The van der Waals surface area contributed by atoms with E-state index in [0.29, 0.717) is 0 Å². The van der Waals surface area contributed by atoms with Gasteiger partial charge in [0.1, 0.15) is 0 Å². The molecule has 2 aliphatic rings. The lowest BCUT2D eigenvalue weighted by molar-refractivity contribution is 0.00578. The van der Waals surface area contributed by atoms with Gasteiger partial charge in [-0.3, -0.25) is 4.98 Å². The van der Waals surface area contributed by atoms with Gasteiger partial charge < -0.3 is 14.0 Å². The zero-order valence-electron chi connectivity index (χ0n) is 20.7. The second-order valence-corrected chi connectivity index (χ2v) is 6.04. The normalized spacial score (nSPS) is 37.0. The molecule has 1 aromatic heterocycles. The van der Waals surface area contributed by atoms with Crippen LogP contribution in [-0.2, 0) is 14.0 Å². The Balaban J connectivity index is 2.25. The Kier molecular flexibility index (Phi) is 2.07.